The summed E-state index contributed by atoms with van der Waals surface area (Å²) in [5.74, 6) is 1.53. The lowest BCUT2D eigenvalue weighted by molar-refractivity contribution is -0.122. The first-order valence-electron chi connectivity index (χ1n) is 10.00. The molecule has 3 aliphatic rings. The quantitative estimate of drug-likeness (QED) is 0.806. The number of amides is 1. The molecule has 26 heavy (non-hydrogen) atoms. The molecule has 1 amide bonds. The van der Waals surface area contributed by atoms with E-state index in [1.165, 1.54) is 37.7 Å². The Hall–Kier alpha value is -2.04. The Morgan fingerprint density at radius 1 is 1.15 bits per heavy atom. The van der Waals surface area contributed by atoms with Gasteiger partial charge in [-0.15, -0.1) is 0 Å². The van der Waals surface area contributed by atoms with Gasteiger partial charge in [0.1, 0.15) is 12.4 Å². The zero-order chi connectivity index (χ0) is 17.9. The Morgan fingerprint density at radius 2 is 1.92 bits per heavy atom. The van der Waals surface area contributed by atoms with Crippen molar-refractivity contribution in [2.24, 2.45) is 10.9 Å². The summed E-state index contributed by atoms with van der Waals surface area (Å²) in [7, 11) is 0. The van der Waals surface area contributed by atoms with Gasteiger partial charge in [-0.1, -0.05) is 38.3 Å². The second kappa shape index (κ2) is 7.68. The van der Waals surface area contributed by atoms with Gasteiger partial charge in [0.25, 0.3) is 11.9 Å². The summed E-state index contributed by atoms with van der Waals surface area (Å²) in [5.41, 5.74) is 1.43. The zero-order valence-corrected chi connectivity index (χ0v) is 15.5. The molecule has 2 fully saturated rings. The van der Waals surface area contributed by atoms with Crippen molar-refractivity contribution in [2.75, 3.05) is 19.7 Å². The van der Waals surface area contributed by atoms with Crippen LogP contribution in [0.25, 0.3) is 0 Å². The molecule has 0 bridgehead atoms. The second-order valence-electron chi connectivity index (χ2n) is 7.70. The van der Waals surface area contributed by atoms with Crippen LogP contribution >= 0.6 is 0 Å². The zero-order valence-electron chi connectivity index (χ0n) is 15.5. The van der Waals surface area contributed by atoms with Crippen molar-refractivity contribution in [1.29, 1.82) is 0 Å². The van der Waals surface area contributed by atoms with Crippen LogP contribution in [0, 0.1) is 5.92 Å². The fraction of sp³-hybridized carbons (Fsp3) is 0.619. The molecule has 4 rings (SSSR count). The van der Waals surface area contributed by atoms with Crippen molar-refractivity contribution in [3.05, 3.63) is 29.8 Å². The molecule has 140 valence electrons. The van der Waals surface area contributed by atoms with Gasteiger partial charge in [-0.3, -0.25) is 4.79 Å². The number of carbonyl (C=O) groups excluding carboxylic acids is 1. The minimum absolute atomic E-state index is 0.00523. The molecule has 2 aliphatic heterocycles. The van der Waals surface area contributed by atoms with Gasteiger partial charge in [0.2, 0.25) is 0 Å². The molecule has 1 aromatic rings. The molecule has 1 saturated carbocycles. The molecule has 1 saturated heterocycles. The lowest BCUT2D eigenvalue weighted by atomic mass is 9.84. The minimum Gasteiger partial charge on any atom is -0.490 e. The fourth-order valence-corrected chi connectivity index (χ4v) is 4.22. The summed E-state index contributed by atoms with van der Waals surface area (Å²) < 4.78 is 11.7. The Bertz CT molecular complexity index is 664. The number of hydrogen-bond acceptors (Lipinski definition) is 4. The molecule has 2 atom stereocenters. The van der Waals surface area contributed by atoms with Crippen LogP contribution in [-0.4, -0.2) is 42.6 Å². The highest BCUT2D eigenvalue weighted by molar-refractivity contribution is 5.94. The molecule has 5 heteroatoms. The van der Waals surface area contributed by atoms with Gasteiger partial charge in [0, 0.05) is 6.54 Å². The number of aliphatic imine (C=N–C) groups is 1. The van der Waals surface area contributed by atoms with Crippen molar-refractivity contribution >= 4 is 11.9 Å². The molecule has 1 unspecified atom stereocenters. The third-order valence-corrected chi connectivity index (χ3v) is 5.85. The standard InChI is InChI=1S/C21H28N2O3/c1-2-15-12-23-13-19(26-21(23)22-20(15)24)14-25-18-10-8-17(9-11-18)16-6-4-3-5-7-16/h8-11,15-16,19H,2-7,12-14H2,1H3/t15?,19-/m0/s1. The molecular formula is C21H28N2O3. The summed E-state index contributed by atoms with van der Waals surface area (Å²) in [4.78, 5) is 18.0. The van der Waals surface area contributed by atoms with E-state index in [1.807, 2.05) is 6.92 Å². The summed E-state index contributed by atoms with van der Waals surface area (Å²) in [5, 5.41) is 0. The lowest BCUT2D eigenvalue weighted by Crippen LogP contribution is -2.39. The summed E-state index contributed by atoms with van der Waals surface area (Å²) in [6, 6.07) is 9.03. The molecule has 0 radical (unpaired) electrons. The first-order valence-corrected chi connectivity index (χ1v) is 10.00. The highest BCUT2D eigenvalue weighted by Gasteiger charge is 2.37. The number of fused-ring (bicyclic) bond motifs is 1. The Balaban J connectivity index is 1.30. The lowest BCUT2D eigenvalue weighted by Gasteiger charge is -2.24. The van der Waals surface area contributed by atoms with E-state index in [-0.39, 0.29) is 17.9 Å². The second-order valence-corrected chi connectivity index (χ2v) is 7.70. The summed E-state index contributed by atoms with van der Waals surface area (Å²) in [6.07, 6.45) is 7.45. The van der Waals surface area contributed by atoms with Crippen LogP contribution in [0.15, 0.2) is 29.3 Å². The molecule has 0 aromatic heterocycles. The summed E-state index contributed by atoms with van der Waals surface area (Å²) >= 11 is 0. The SMILES string of the molecule is CCC1CN2C[C@@H](COc3ccc(C4CCCCC4)cc3)OC2=NC1=O. The number of nitrogens with zero attached hydrogens (tertiary/aromatic N) is 2. The molecule has 1 aromatic carbocycles. The number of carbonyl (C=O) groups is 1. The molecule has 1 aliphatic carbocycles. The molecule has 2 heterocycles. The van der Waals surface area contributed by atoms with Crippen LogP contribution < -0.4 is 4.74 Å². The molecular weight excluding hydrogens is 328 g/mol. The monoisotopic (exact) mass is 356 g/mol. The van der Waals surface area contributed by atoms with E-state index in [9.17, 15) is 4.79 Å². The highest BCUT2D eigenvalue weighted by Crippen LogP contribution is 2.33. The average molecular weight is 356 g/mol. The van der Waals surface area contributed by atoms with Crippen LogP contribution in [0.1, 0.15) is 56.9 Å². The van der Waals surface area contributed by atoms with Gasteiger partial charge >= 0.3 is 0 Å². The average Bonchev–Trinajstić information content (AvgIpc) is 3.08. The van der Waals surface area contributed by atoms with E-state index in [1.54, 1.807) is 0 Å². The maximum atomic E-state index is 11.9. The first-order chi connectivity index (χ1) is 12.7. The number of ether oxygens (including phenoxy) is 2. The predicted molar refractivity (Wildman–Crippen MR) is 100 cm³/mol. The van der Waals surface area contributed by atoms with Gasteiger partial charge < -0.3 is 14.4 Å². The number of amidine groups is 1. The first kappa shape index (κ1) is 17.4. The maximum absolute atomic E-state index is 11.9. The van der Waals surface area contributed by atoms with E-state index in [0.29, 0.717) is 25.1 Å². The van der Waals surface area contributed by atoms with Crippen LogP contribution in [-0.2, 0) is 9.53 Å². The van der Waals surface area contributed by atoms with Gasteiger partial charge in [-0.2, -0.15) is 4.99 Å². The van der Waals surface area contributed by atoms with E-state index < -0.39 is 0 Å². The van der Waals surface area contributed by atoms with Crippen molar-refractivity contribution in [2.45, 2.75) is 57.5 Å². The van der Waals surface area contributed by atoms with E-state index in [0.717, 1.165) is 18.7 Å². The van der Waals surface area contributed by atoms with E-state index in [2.05, 4.69) is 34.2 Å². The summed E-state index contributed by atoms with van der Waals surface area (Å²) in [6.45, 7) is 3.95. The Kier molecular flexibility index (Phi) is 5.14. The fourth-order valence-electron chi connectivity index (χ4n) is 4.22. The molecule has 0 spiro atoms. The van der Waals surface area contributed by atoms with E-state index >= 15 is 0 Å². The molecule has 5 nitrogen and oxygen atoms in total. The van der Waals surface area contributed by atoms with Gasteiger partial charge in [-0.05, 0) is 42.9 Å². The van der Waals surface area contributed by atoms with Gasteiger partial charge in [0.15, 0.2) is 6.10 Å². The van der Waals surface area contributed by atoms with Crippen LogP contribution in [0.2, 0.25) is 0 Å². The van der Waals surface area contributed by atoms with E-state index in [4.69, 9.17) is 9.47 Å². The van der Waals surface area contributed by atoms with Gasteiger partial charge in [0.05, 0.1) is 12.5 Å². The van der Waals surface area contributed by atoms with Crippen molar-refractivity contribution in [3.8, 4) is 5.75 Å². The Morgan fingerprint density at radius 3 is 2.65 bits per heavy atom. The molecule has 0 N–H and O–H groups in total. The van der Waals surface area contributed by atoms with Crippen LogP contribution in [0.3, 0.4) is 0 Å². The third kappa shape index (κ3) is 3.71. The highest BCUT2D eigenvalue weighted by atomic mass is 16.6. The minimum atomic E-state index is -0.0739. The normalized spacial score (nSPS) is 26.3. The van der Waals surface area contributed by atoms with Crippen LogP contribution in [0.4, 0.5) is 0 Å². The largest absolute Gasteiger partial charge is 0.490 e. The topological polar surface area (TPSA) is 51.1 Å². The van der Waals surface area contributed by atoms with Crippen molar-refractivity contribution in [1.82, 2.24) is 4.90 Å². The van der Waals surface area contributed by atoms with Crippen molar-refractivity contribution < 1.29 is 14.3 Å². The predicted octanol–water partition coefficient (Wildman–Crippen LogP) is 3.74. The number of hydrogen-bond donors (Lipinski definition) is 0. The Labute approximate surface area is 155 Å². The smallest absolute Gasteiger partial charge is 0.295 e. The van der Waals surface area contributed by atoms with Gasteiger partial charge in [-0.25, -0.2) is 0 Å². The number of benzene rings is 1. The van der Waals surface area contributed by atoms with Crippen LogP contribution in [0.5, 0.6) is 5.75 Å². The van der Waals surface area contributed by atoms with Crippen molar-refractivity contribution in [3.63, 3.8) is 0 Å². The number of rotatable bonds is 5. The third-order valence-electron chi connectivity index (χ3n) is 5.85. The maximum Gasteiger partial charge on any atom is 0.295 e.